The van der Waals surface area contributed by atoms with E-state index in [9.17, 15) is 9.59 Å². The van der Waals surface area contributed by atoms with Crippen LogP contribution in [0.3, 0.4) is 0 Å². The molecule has 4 heterocycles. The Balaban J connectivity index is 0.00000163. The predicted molar refractivity (Wildman–Crippen MR) is 276 cm³/mol. The van der Waals surface area contributed by atoms with Crippen LogP contribution in [-0.2, 0) is 63.7 Å². The normalized spacial score (nSPS) is 16.5. The van der Waals surface area contributed by atoms with Gasteiger partial charge in [-0.2, -0.15) is 12.6 Å². The van der Waals surface area contributed by atoms with Crippen LogP contribution < -0.4 is 28.9 Å². The number of carbonyl (C=O) groups is 2. The number of fused-ring (bicyclic) bond motifs is 8. The number of thiol groups is 1. The number of amides is 2. The molecule has 0 unspecified atom stereocenters. The highest BCUT2D eigenvalue weighted by atomic mass is 32.2. The lowest BCUT2D eigenvalue weighted by Gasteiger charge is -2.32. The molecule has 5 aromatic rings. The van der Waals surface area contributed by atoms with Crippen molar-refractivity contribution in [2.75, 3.05) is 75.0 Å². The number of hydrogen-bond donors (Lipinski definition) is 1. The fourth-order valence-electron chi connectivity index (χ4n) is 10.2. The summed E-state index contributed by atoms with van der Waals surface area (Å²) in [5, 5.41) is 0. The Morgan fingerprint density at radius 1 is 0.648 bits per heavy atom. The number of methoxy groups -OCH3 is 2. The summed E-state index contributed by atoms with van der Waals surface area (Å²) in [5.74, 6) is 1.93. The first-order valence-corrected chi connectivity index (χ1v) is 25.6. The van der Waals surface area contributed by atoms with Gasteiger partial charge in [0.1, 0.15) is 19.0 Å². The van der Waals surface area contributed by atoms with Crippen molar-refractivity contribution in [1.29, 1.82) is 0 Å². The third-order valence-electron chi connectivity index (χ3n) is 13.4. The zero-order valence-electron chi connectivity index (χ0n) is 41.1. The van der Waals surface area contributed by atoms with Crippen LogP contribution >= 0.6 is 12.6 Å². The summed E-state index contributed by atoms with van der Waals surface area (Å²) in [6, 6.07) is 31.1. The number of nitrogens with zero attached hydrogens (tertiary/aromatic N) is 3. The molecule has 14 nitrogen and oxygen atoms in total. The lowest BCUT2D eigenvalue weighted by molar-refractivity contribution is 0.0264. The van der Waals surface area contributed by atoms with E-state index in [1.165, 1.54) is 11.1 Å². The average Bonchev–Trinajstić information content (AvgIpc) is 3.84. The van der Waals surface area contributed by atoms with E-state index in [0.717, 1.165) is 94.7 Å². The van der Waals surface area contributed by atoms with Crippen molar-refractivity contribution < 1.29 is 50.6 Å². The predicted octanol–water partition coefficient (Wildman–Crippen LogP) is 8.39. The van der Waals surface area contributed by atoms with Gasteiger partial charge in [0.2, 0.25) is 0 Å². The maximum Gasteiger partial charge on any atom is 0.425 e. The molecule has 0 radical (unpaired) electrons. The van der Waals surface area contributed by atoms with Gasteiger partial charge in [-0.05, 0) is 153 Å². The molecule has 4 aliphatic heterocycles. The Kier molecular flexibility index (Phi) is 16.7. The molecule has 376 valence electrons. The van der Waals surface area contributed by atoms with Gasteiger partial charge in [0, 0.05) is 65.2 Å². The molecule has 5 aromatic carbocycles. The van der Waals surface area contributed by atoms with Crippen LogP contribution in [-0.4, -0.2) is 102 Å². The number of anilines is 3. The van der Waals surface area contributed by atoms with Crippen LogP contribution in [0.1, 0.15) is 86.3 Å². The van der Waals surface area contributed by atoms with Crippen molar-refractivity contribution in [3.05, 3.63) is 141 Å². The number of para-hydroxylation sites is 2. The van der Waals surface area contributed by atoms with Crippen molar-refractivity contribution in [3.8, 4) is 17.2 Å². The standard InChI is InChI=1S/C55H63N3O8S.O3S/c1-36-24-46-39(14-16-43-28-41-10-6-8-12-48(41)57(43)53(46)59)30-50(36)65-33-37-25-38(27-45(26-37)56(35-55(2,3)67)18-19-63-22-23-64-21-20-61-4)34-66-52-31-40-15-17-44-29-42-11-7-9-13-49(42)58(44)54(60)47(40)32-51(52)62-5;1-4(2)3/h6-13,24-27,30-32,43-44,67H,14-23,28-29,33-35H2,1-5H3;/t43-,44-;/m1./s1. The van der Waals surface area contributed by atoms with E-state index in [-0.39, 0.29) is 35.3 Å². The molecule has 4 aliphatic rings. The smallest absolute Gasteiger partial charge is 0.425 e. The van der Waals surface area contributed by atoms with E-state index < -0.39 is 10.6 Å². The monoisotopic (exact) mass is 1010 g/mol. The minimum Gasteiger partial charge on any atom is -0.493 e. The summed E-state index contributed by atoms with van der Waals surface area (Å²) in [6.45, 7) is 10.6. The van der Waals surface area contributed by atoms with Gasteiger partial charge in [-0.1, -0.05) is 36.4 Å². The second kappa shape index (κ2) is 23.1. The van der Waals surface area contributed by atoms with E-state index in [1.807, 2.05) is 59.2 Å². The number of ether oxygens (including phenoxy) is 6. The highest BCUT2D eigenvalue weighted by Gasteiger charge is 2.39. The fraction of sp³-hybridized carbons (Fsp3) is 0.418. The van der Waals surface area contributed by atoms with Crippen LogP contribution in [0.25, 0.3) is 0 Å². The largest absolute Gasteiger partial charge is 0.493 e. The molecule has 0 saturated carbocycles. The minimum atomic E-state index is -3.11. The molecule has 0 aromatic heterocycles. The Morgan fingerprint density at radius 3 is 1.70 bits per heavy atom. The van der Waals surface area contributed by atoms with E-state index in [1.54, 1.807) is 14.2 Å². The molecule has 0 aliphatic carbocycles. The van der Waals surface area contributed by atoms with Crippen molar-refractivity contribution in [1.82, 2.24) is 0 Å². The Hall–Kier alpha value is -5.91. The van der Waals surface area contributed by atoms with Gasteiger partial charge >= 0.3 is 10.6 Å². The number of benzene rings is 5. The second-order valence-electron chi connectivity index (χ2n) is 19.1. The first kappa shape index (κ1) is 51.4. The number of rotatable bonds is 19. The lowest BCUT2D eigenvalue weighted by Crippen LogP contribution is -2.37. The van der Waals surface area contributed by atoms with E-state index in [2.05, 4.69) is 67.3 Å². The molecule has 2 atom stereocenters. The van der Waals surface area contributed by atoms with E-state index in [4.69, 9.17) is 53.7 Å². The second-order valence-corrected chi connectivity index (χ2v) is 20.7. The molecule has 71 heavy (non-hydrogen) atoms. The molecule has 0 spiro atoms. The van der Waals surface area contributed by atoms with Crippen LogP contribution in [0.5, 0.6) is 17.2 Å². The zero-order chi connectivity index (χ0) is 50.2. The van der Waals surface area contributed by atoms with Crippen LogP contribution in [0.2, 0.25) is 0 Å². The topological polar surface area (TPSA) is 150 Å². The van der Waals surface area contributed by atoms with E-state index >= 15 is 0 Å². The zero-order valence-corrected chi connectivity index (χ0v) is 42.8. The summed E-state index contributed by atoms with van der Waals surface area (Å²) in [7, 11) is 0.167. The van der Waals surface area contributed by atoms with Gasteiger partial charge in [-0.25, -0.2) is 0 Å². The van der Waals surface area contributed by atoms with Crippen molar-refractivity contribution in [3.63, 3.8) is 0 Å². The molecule has 0 N–H and O–H groups in total. The molecular formula is C55H63N3O11S2. The van der Waals surface area contributed by atoms with Gasteiger partial charge < -0.3 is 43.1 Å². The third-order valence-corrected chi connectivity index (χ3v) is 13.5. The number of hydrogen-bond acceptors (Lipinski definition) is 13. The van der Waals surface area contributed by atoms with Crippen molar-refractivity contribution in [2.45, 2.75) is 89.3 Å². The summed E-state index contributed by atoms with van der Waals surface area (Å²) < 4.78 is 61.0. The molecule has 16 heteroatoms. The number of carbonyl (C=O) groups excluding carboxylic acids is 2. The Morgan fingerprint density at radius 2 is 1.15 bits per heavy atom. The first-order valence-electron chi connectivity index (χ1n) is 24.2. The molecule has 2 amide bonds. The molecule has 0 saturated heterocycles. The SMILES string of the molecule is COCCOCCOCCN(CC(C)(C)S)c1cc(COc2cc3c(cc2C)C(=O)N2c4ccccc4C[C@H]2CC3)cc(COc2cc3c(cc2OC)C(=O)N2c4ccccc4C[C@H]2CC3)c1.O=S(=O)=O. The quantitative estimate of drug-likeness (QED) is 0.0626. The lowest BCUT2D eigenvalue weighted by atomic mass is 9.98. The highest BCUT2D eigenvalue weighted by molar-refractivity contribution is 7.81. The maximum atomic E-state index is 14.2. The average molecular weight is 1010 g/mol. The van der Waals surface area contributed by atoms with Crippen LogP contribution in [0.15, 0.2) is 91.0 Å². The maximum absolute atomic E-state index is 14.2. The summed E-state index contributed by atoms with van der Waals surface area (Å²) in [5.41, 5.74) is 11.7. The molecule has 0 fully saturated rings. The summed E-state index contributed by atoms with van der Waals surface area (Å²) in [4.78, 5) is 34.6. The highest BCUT2D eigenvalue weighted by Crippen LogP contribution is 2.42. The number of aryl methyl sites for hydroxylation is 3. The summed E-state index contributed by atoms with van der Waals surface area (Å²) in [6.07, 6.45) is 5.04. The minimum absolute atomic E-state index is 0.00174. The molecule has 0 bridgehead atoms. The van der Waals surface area contributed by atoms with Gasteiger partial charge in [0.25, 0.3) is 11.8 Å². The van der Waals surface area contributed by atoms with Crippen molar-refractivity contribution >= 4 is 52.1 Å². The van der Waals surface area contributed by atoms with Gasteiger partial charge in [-0.15, -0.1) is 12.6 Å². The molecule has 9 rings (SSSR count). The van der Waals surface area contributed by atoms with Crippen LogP contribution in [0.4, 0.5) is 17.1 Å². The summed E-state index contributed by atoms with van der Waals surface area (Å²) >= 11 is 4.96. The van der Waals surface area contributed by atoms with E-state index in [0.29, 0.717) is 69.8 Å². The third kappa shape index (κ3) is 12.4. The Bertz CT molecular complexity index is 2850. The Labute approximate surface area is 423 Å². The first-order chi connectivity index (χ1) is 34.2. The van der Waals surface area contributed by atoms with Crippen molar-refractivity contribution in [2.24, 2.45) is 0 Å². The van der Waals surface area contributed by atoms with Gasteiger partial charge in [-0.3, -0.25) is 9.59 Å². The molecular weight excluding hydrogens is 943 g/mol. The van der Waals surface area contributed by atoms with Gasteiger partial charge in [0.05, 0.1) is 40.1 Å². The van der Waals surface area contributed by atoms with Gasteiger partial charge in [0.15, 0.2) is 11.5 Å². The van der Waals surface area contributed by atoms with Crippen LogP contribution in [0, 0.1) is 6.92 Å². The fourth-order valence-corrected chi connectivity index (χ4v) is 10.4.